The highest BCUT2D eigenvalue weighted by molar-refractivity contribution is 5.95. The summed E-state index contributed by atoms with van der Waals surface area (Å²) in [7, 11) is 0. The van der Waals surface area contributed by atoms with Crippen LogP contribution < -0.4 is 4.90 Å². The third-order valence-electron chi connectivity index (χ3n) is 2.89. The van der Waals surface area contributed by atoms with Crippen LogP contribution in [-0.4, -0.2) is 25.7 Å². The van der Waals surface area contributed by atoms with Gasteiger partial charge < -0.3 is 9.64 Å². The van der Waals surface area contributed by atoms with Crippen LogP contribution in [0.5, 0.6) is 0 Å². The highest BCUT2D eigenvalue weighted by atomic mass is 19.1. The SMILES string of the molecule is CCOCC(=O)N1CCCc2cc(F)ccc21. The van der Waals surface area contributed by atoms with E-state index in [1.807, 2.05) is 6.92 Å². The second-order valence-corrected chi connectivity index (χ2v) is 4.06. The molecule has 0 fully saturated rings. The smallest absolute Gasteiger partial charge is 0.252 e. The molecule has 0 unspecified atom stereocenters. The van der Waals surface area contributed by atoms with Crippen molar-refractivity contribution in [3.63, 3.8) is 0 Å². The van der Waals surface area contributed by atoms with E-state index in [0.717, 1.165) is 24.1 Å². The molecule has 3 nitrogen and oxygen atoms in total. The first-order chi connectivity index (χ1) is 8.22. The van der Waals surface area contributed by atoms with E-state index >= 15 is 0 Å². The zero-order chi connectivity index (χ0) is 12.3. The Balaban J connectivity index is 2.19. The van der Waals surface area contributed by atoms with Gasteiger partial charge in [0.1, 0.15) is 12.4 Å². The van der Waals surface area contributed by atoms with E-state index in [0.29, 0.717) is 13.2 Å². The van der Waals surface area contributed by atoms with Gasteiger partial charge in [0.2, 0.25) is 0 Å². The van der Waals surface area contributed by atoms with Crippen molar-refractivity contribution in [3.05, 3.63) is 29.6 Å². The van der Waals surface area contributed by atoms with Crippen LogP contribution in [0.4, 0.5) is 10.1 Å². The van der Waals surface area contributed by atoms with Crippen molar-refractivity contribution in [2.24, 2.45) is 0 Å². The second-order valence-electron chi connectivity index (χ2n) is 4.06. The summed E-state index contributed by atoms with van der Waals surface area (Å²) in [5, 5.41) is 0. The predicted octanol–water partition coefficient (Wildman–Crippen LogP) is 2.14. The standard InChI is InChI=1S/C13H16FNO2/c1-2-17-9-13(16)15-7-3-4-10-8-11(14)5-6-12(10)15/h5-6,8H,2-4,7,9H2,1H3. The Morgan fingerprint density at radius 3 is 3.12 bits per heavy atom. The number of hydrogen-bond acceptors (Lipinski definition) is 2. The van der Waals surface area contributed by atoms with Crippen LogP contribution in [0, 0.1) is 5.82 Å². The summed E-state index contributed by atoms with van der Waals surface area (Å²) in [5.41, 5.74) is 1.73. The Hall–Kier alpha value is -1.42. The molecule has 2 rings (SSSR count). The van der Waals surface area contributed by atoms with Crippen LogP contribution in [0.1, 0.15) is 18.9 Å². The second kappa shape index (κ2) is 5.27. The molecule has 0 aromatic heterocycles. The number of nitrogens with zero attached hydrogens (tertiary/aromatic N) is 1. The number of carbonyl (C=O) groups is 1. The lowest BCUT2D eigenvalue weighted by molar-refractivity contribution is -0.123. The molecule has 0 aliphatic carbocycles. The summed E-state index contributed by atoms with van der Waals surface area (Å²) in [5.74, 6) is -0.303. The van der Waals surface area contributed by atoms with Crippen LogP contribution in [-0.2, 0) is 16.0 Å². The number of fused-ring (bicyclic) bond motifs is 1. The van der Waals surface area contributed by atoms with Gasteiger partial charge in [-0.3, -0.25) is 4.79 Å². The van der Waals surface area contributed by atoms with E-state index in [-0.39, 0.29) is 18.3 Å². The molecule has 0 saturated heterocycles. The van der Waals surface area contributed by atoms with Crippen LogP contribution in [0.15, 0.2) is 18.2 Å². The van der Waals surface area contributed by atoms with Gasteiger partial charge in [-0.2, -0.15) is 0 Å². The molecular weight excluding hydrogens is 221 g/mol. The highest BCUT2D eigenvalue weighted by Crippen LogP contribution is 2.27. The Morgan fingerprint density at radius 1 is 1.53 bits per heavy atom. The molecule has 1 aliphatic heterocycles. The van der Waals surface area contributed by atoms with Crippen molar-refractivity contribution < 1.29 is 13.9 Å². The Kier molecular flexibility index (Phi) is 3.74. The minimum atomic E-state index is -0.247. The molecule has 0 atom stereocenters. The quantitative estimate of drug-likeness (QED) is 0.806. The molecule has 92 valence electrons. The van der Waals surface area contributed by atoms with Crippen molar-refractivity contribution in [3.8, 4) is 0 Å². The molecule has 0 spiro atoms. The molecule has 1 aromatic rings. The first-order valence-corrected chi connectivity index (χ1v) is 5.89. The molecule has 1 amide bonds. The van der Waals surface area contributed by atoms with Crippen molar-refractivity contribution in [2.75, 3.05) is 24.7 Å². The monoisotopic (exact) mass is 237 g/mol. The van der Waals surface area contributed by atoms with Gasteiger partial charge >= 0.3 is 0 Å². The average Bonchev–Trinajstić information content (AvgIpc) is 2.34. The van der Waals surface area contributed by atoms with Crippen molar-refractivity contribution >= 4 is 11.6 Å². The topological polar surface area (TPSA) is 29.5 Å². The molecule has 4 heteroatoms. The van der Waals surface area contributed by atoms with Gasteiger partial charge in [0.25, 0.3) is 5.91 Å². The van der Waals surface area contributed by atoms with Crippen molar-refractivity contribution in [2.45, 2.75) is 19.8 Å². The molecule has 0 saturated carbocycles. The van der Waals surface area contributed by atoms with E-state index in [4.69, 9.17) is 4.74 Å². The number of rotatable bonds is 3. The van der Waals surface area contributed by atoms with Gasteiger partial charge in [-0.25, -0.2) is 4.39 Å². The molecule has 17 heavy (non-hydrogen) atoms. The van der Waals surface area contributed by atoms with Crippen LogP contribution in [0.2, 0.25) is 0 Å². The fraction of sp³-hybridized carbons (Fsp3) is 0.462. The largest absolute Gasteiger partial charge is 0.372 e. The Bertz CT molecular complexity index is 420. The summed E-state index contributed by atoms with van der Waals surface area (Å²) in [6, 6.07) is 4.58. The number of anilines is 1. The van der Waals surface area contributed by atoms with Gasteiger partial charge in [0, 0.05) is 18.8 Å². The normalized spacial score (nSPS) is 14.6. The Labute approximate surface area is 100 Å². The summed E-state index contributed by atoms with van der Waals surface area (Å²) in [6.45, 7) is 3.15. The molecule has 1 aliphatic rings. The number of carbonyl (C=O) groups excluding carboxylic acids is 1. The number of amides is 1. The number of aryl methyl sites for hydroxylation is 1. The molecular formula is C13H16FNO2. The third-order valence-corrected chi connectivity index (χ3v) is 2.89. The maximum atomic E-state index is 13.1. The molecule has 0 bridgehead atoms. The van der Waals surface area contributed by atoms with E-state index in [1.165, 1.54) is 12.1 Å². The fourth-order valence-corrected chi connectivity index (χ4v) is 2.09. The molecule has 1 aromatic carbocycles. The van der Waals surface area contributed by atoms with Crippen molar-refractivity contribution in [1.82, 2.24) is 0 Å². The first kappa shape index (κ1) is 12.0. The summed E-state index contributed by atoms with van der Waals surface area (Å²) in [6.07, 6.45) is 1.69. The van der Waals surface area contributed by atoms with Gasteiger partial charge in [-0.15, -0.1) is 0 Å². The maximum absolute atomic E-state index is 13.1. The zero-order valence-electron chi connectivity index (χ0n) is 9.91. The molecule has 0 N–H and O–H groups in total. The fourth-order valence-electron chi connectivity index (χ4n) is 2.09. The summed E-state index contributed by atoms with van der Waals surface area (Å²) < 4.78 is 18.2. The van der Waals surface area contributed by atoms with E-state index in [2.05, 4.69) is 0 Å². The summed E-state index contributed by atoms with van der Waals surface area (Å²) >= 11 is 0. The van der Waals surface area contributed by atoms with Gasteiger partial charge in [0.15, 0.2) is 0 Å². The third kappa shape index (κ3) is 2.64. The van der Waals surface area contributed by atoms with E-state index in [1.54, 1.807) is 11.0 Å². The van der Waals surface area contributed by atoms with Crippen LogP contribution in [0.3, 0.4) is 0 Å². The predicted molar refractivity (Wildman–Crippen MR) is 63.6 cm³/mol. The van der Waals surface area contributed by atoms with Gasteiger partial charge in [0.05, 0.1) is 0 Å². The number of halogens is 1. The number of ether oxygens (including phenoxy) is 1. The lowest BCUT2D eigenvalue weighted by Crippen LogP contribution is -2.38. The zero-order valence-corrected chi connectivity index (χ0v) is 9.91. The van der Waals surface area contributed by atoms with Crippen LogP contribution in [0.25, 0.3) is 0 Å². The van der Waals surface area contributed by atoms with Crippen molar-refractivity contribution in [1.29, 1.82) is 0 Å². The maximum Gasteiger partial charge on any atom is 0.252 e. The number of hydrogen-bond donors (Lipinski definition) is 0. The lowest BCUT2D eigenvalue weighted by atomic mass is 10.0. The first-order valence-electron chi connectivity index (χ1n) is 5.89. The molecule has 0 radical (unpaired) electrons. The van der Waals surface area contributed by atoms with E-state index in [9.17, 15) is 9.18 Å². The molecule has 1 heterocycles. The van der Waals surface area contributed by atoms with E-state index < -0.39 is 0 Å². The average molecular weight is 237 g/mol. The number of benzene rings is 1. The lowest BCUT2D eigenvalue weighted by Gasteiger charge is -2.29. The Morgan fingerprint density at radius 2 is 2.35 bits per heavy atom. The van der Waals surface area contributed by atoms with Gasteiger partial charge in [-0.05, 0) is 43.5 Å². The van der Waals surface area contributed by atoms with Crippen LogP contribution >= 0.6 is 0 Å². The minimum Gasteiger partial charge on any atom is -0.372 e. The highest BCUT2D eigenvalue weighted by Gasteiger charge is 2.22. The minimum absolute atomic E-state index is 0.0561. The van der Waals surface area contributed by atoms with Gasteiger partial charge in [-0.1, -0.05) is 0 Å². The summed E-state index contributed by atoms with van der Waals surface area (Å²) in [4.78, 5) is 13.6.